The molecule has 1 fully saturated rings. The molecule has 0 aliphatic carbocycles. The number of fused-ring (bicyclic) bond motifs is 1. The Morgan fingerprint density at radius 2 is 1.54 bits per heavy atom. The summed E-state index contributed by atoms with van der Waals surface area (Å²) in [6.07, 6.45) is 0. The first kappa shape index (κ1) is 17.1. The summed E-state index contributed by atoms with van der Waals surface area (Å²) in [4.78, 5) is 17.4. The van der Waals surface area contributed by atoms with E-state index in [2.05, 4.69) is 29.2 Å². The number of amides is 1. The van der Waals surface area contributed by atoms with Crippen LogP contribution >= 0.6 is 11.6 Å². The number of carbonyl (C=O) groups excluding carboxylic acids is 1. The van der Waals surface area contributed by atoms with Crippen LogP contribution in [0.25, 0.3) is 10.8 Å². The van der Waals surface area contributed by atoms with Crippen molar-refractivity contribution in [3.05, 3.63) is 82.9 Å². The van der Waals surface area contributed by atoms with Crippen molar-refractivity contribution in [2.45, 2.75) is 6.54 Å². The van der Waals surface area contributed by atoms with Crippen molar-refractivity contribution in [1.82, 2.24) is 9.80 Å². The number of rotatable bonds is 3. The van der Waals surface area contributed by atoms with E-state index in [1.165, 1.54) is 5.56 Å². The number of halogens is 1. The summed E-state index contributed by atoms with van der Waals surface area (Å²) in [6.45, 7) is 4.19. The smallest absolute Gasteiger partial charge is 0.254 e. The second-order valence-electron chi connectivity index (χ2n) is 6.72. The van der Waals surface area contributed by atoms with Gasteiger partial charge in [-0.25, -0.2) is 0 Å². The average Bonchev–Trinajstić information content (AvgIpc) is 2.69. The van der Waals surface area contributed by atoms with E-state index in [1.807, 2.05) is 47.4 Å². The highest BCUT2D eigenvalue weighted by atomic mass is 35.5. The van der Waals surface area contributed by atoms with Crippen molar-refractivity contribution < 1.29 is 4.79 Å². The van der Waals surface area contributed by atoms with E-state index in [1.54, 1.807) is 0 Å². The van der Waals surface area contributed by atoms with Gasteiger partial charge in [-0.2, -0.15) is 0 Å². The van der Waals surface area contributed by atoms with Gasteiger partial charge >= 0.3 is 0 Å². The second kappa shape index (κ2) is 7.48. The van der Waals surface area contributed by atoms with Crippen molar-refractivity contribution in [2.75, 3.05) is 26.2 Å². The van der Waals surface area contributed by atoms with Crippen molar-refractivity contribution >= 4 is 28.3 Å². The van der Waals surface area contributed by atoms with E-state index in [0.717, 1.165) is 54.1 Å². The molecule has 0 bridgehead atoms. The predicted molar refractivity (Wildman–Crippen MR) is 107 cm³/mol. The predicted octanol–water partition coefficient (Wildman–Crippen LogP) is 4.45. The molecule has 1 aliphatic heterocycles. The number of piperazine rings is 1. The monoisotopic (exact) mass is 364 g/mol. The van der Waals surface area contributed by atoms with Gasteiger partial charge in [0.1, 0.15) is 0 Å². The minimum Gasteiger partial charge on any atom is -0.336 e. The molecule has 4 rings (SSSR count). The standard InChI is InChI=1S/C22H21ClN2O/c23-19-10-8-17(9-11-19)16-24-12-14-25(15-13-24)22(26)21-7-3-5-18-4-1-2-6-20(18)21/h1-11H,12-16H2. The van der Waals surface area contributed by atoms with Gasteiger partial charge in [-0.15, -0.1) is 0 Å². The molecular formula is C22H21ClN2O. The molecule has 0 spiro atoms. The zero-order chi connectivity index (χ0) is 17.9. The number of carbonyl (C=O) groups is 1. The Morgan fingerprint density at radius 3 is 2.31 bits per heavy atom. The zero-order valence-electron chi connectivity index (χ0n) is 14.6. The molecule has 0 N–H and O–H groups in total. The lowest BCUT2D eigenvalue weighted by Gasteiger charge is -2.35. The Balaban J connectivity index is 1.42. The molecule has 0 radical (unpaired) electrons. The fourth-order valence-corrected chi connectivity index (χ4v) is 3.67. The second-order valence-corrected chi connectivity index (χ2v) is 7.16. The van der Waals surface area contributed by atoms with Crippen LogP contribution in [0.5, 0.6) is 0 Å². The van der Waals surface area contributed by atoms with Gasteiger partial charge in [0, 0.05) is 43.3 Å². The molecule has 3 aromatic carbocycles. The fourth-order valence-electron chi connectivity index (χ4n) is 3.54. The normalized spacial score (nSPS) is 15.3. The van der Waals surface area contributed by atoms with Crippen LogP contribution in [0.15, 0.2) is 66.7 Å². The number of hydrogen-bond donors (Lipinski definition) is 0. The van der Waals surface area contributed by atoms with Crippen molar-refractivity contribution in [2.24, 2.45) is 0 Å². The quantitative estimate of drug-likeness (QED) is 0.685. The summed E-state index contributed by atoms with van der Waals surface area (Å²) in [5.74, 6) is 0.132. The molecule has 3 nitrogen and oxygen atoms in total. The molecule has 132 valence electrons. The molecule has 1 amide bonds. The molecule has 0 unspecified atom stereocenters. The van der Waals surface area contributed by atoms with Crippen LogP contribution < -0.4 is 0 Å². The number of hydrogen-bond acceptors (Lipinski definition) is 2. The van der Waals surface area contributed by atoms with Crippen molar-refractivity contribution in [3.8, 4) is 0 Å². The minimum absolute atomic E-state index is 0.132. The molecule has 1 aliphatic rings. The number of nitrogens with zero attached hydrogens (tertiary/aromatic N) is 2. The van der Waals surface area contributed by atoms with E-state index in [-0.39, 0.29) is 5.91 Å². The highest BCUT2D eigenvalue weighted by Crippen LogP contribution is 2.21. The fraction of sp³-hybridized carbons (Fsp3) is 0.227. The van der Waals surface area contributed by atoms with Gasteiger partial charge in [-0.05, 0) is 34.5 Å². The van der Waals surface area contributed by atoms with Gasteiger partial charge in [0.25, 0.3) is 5.91 Å². The van der Waals surface area contributed by atoms with E-state index in [9.17, 15) is 4.79 Å². The van der Waals surface area contributed by atoms with Crippen LogP contribution in [0.3, 0.4) is 0 Å². The summed E-state index contributed by atoms with van der Waals surface area (Å²) in [5.41, 5.74) is 2.05. The van der Waals surface area contributed by atoms with Crippen LogP contribution in [0, 0.1) is 0 Å². The van der Waals surface area contributed by atoms with Gasteiger partial charge in [0.05, 0.1) is 0 Å². The third-order valence-corrected chi connectivity index (χ3v) is 5.25. The Bertz CT molecular complexity index is 910. The first-order valence-electron chi connectivity index (χ1n) is 8.94. The van der Waals surface area contributed by atoms with Gasteiger partial charge in [0.15, 0.2) is 0 Å². The third kappa shape index (κ3) is 3.59. The molecule has 4 heteroatoms. The Hall–Kier alpha value is -2.36. The van der Waals surface area contributed by atoms with Gasteiger partial charge < -0.3 is 4.90 Å². The Kier molecular flexibility index (Phi) is 4.91. The molecule has 3 aromatic rings. The molecule has 1 saturated heterocycles. The SMILES string of the molecule is O=C(c1cccc2ccccc12)N1CCN(Cc2ccc(Cl)cc2)CC1. The van der Waals surface area contributed by atoms with Crippen molar-refractivity contribution in [1.29, 1.82) is 0 Å². The first-order chi connectivity index (χ1) is 12.7. The molecular weight excluding hydrogens is 344 g/mol. The maximum absolute atomic E-state index is 13.0. The maximum atomic E-state index is 13.0. The third-order valence-electron chi connectivity index (χ3n) is 5.00. The van der Waals surface area contributed by atoms with Crippen molar-refractivity contribution in [3.63, 3.8) is 0 Å². The highest BCUT2D eigenvalue weighted by Gasteiger charge is 2.23. The largest absolute Gasteiger partial charge is 0.336 e. The molecule has 1 heterocycles. The Labute approximate surface area is 158 Å². The summed E-state index contributed by atoms with van der Waals surface area (Å²) in [6, 6.07) is 22.0. The minimum atomic E-state index is 0.132. The summed E-state index contributed by atoms with van der Waals surface area (Å²) >= 11 is 5.95. The topological polar surface area (TPSA) is 23.6 Å². The summed E-state index contributed by atoms with van der Waals surface area (Å²) in [5, 5.41) is 2.91. The zero-order valence-corrected chi connectivity index (χ0v) is 15.3. The van der Waals surface area contributed by atoms with Crippen LogP contribution in [-0.2, 0) is 6.54 Å². The lowest BCUT2D eigenvalue weighted by molar-refractivity contribution is 0.0630. The van der Waals surface area contributed by atoms with Gasteiger partial charge in [-0.1, -0.05) is 60.1 Å². The molecule has 26 heavy (non-hydrogen) atoms. The van der Waals surface area contributed by atoms with E-state index >= 15 is 0 Å². The van der Waals surface area contributed by atoms with Crippen LogP contribution in [0.2, 0.25) is 5.02 Å². The lowest BCUT2D eigenvalue weighted by Crippen LogP contribution is -2.48. The molecule has 0 aromatic heterocycles. The number of benzene rings is 3. The molecule has 0 atom stereocenters. The molecule has 0 saturated carbocycles. The first-order valence-corrected chi connectivity index (χ1v) is 9.32. The average molecular weight is 365 g/mol. The van der Waals surface area contributed by atoms with E-state index in [0.29, 0.717) is 0 Å². The lowest BCUT2D eigenvalue weighted by atomic mass is 10.0. The maximum Gasteiger partial charge on any atom is 0.254 e. The van der Waals surface area contributed by atoms with Gasteiger partial charge in [-0.3, -0.25) is 9.69 Å². The Morgan fingerprint density at radius 1 is 0.846 bits per heavy atom. The van der Waals surface area contributed by atoms with Gasteiger partial charge in [0.2, 0.25) is 0 Å². The van der Waals surface area contributed by atoms with Crippen LogP contribution in [0.1, 0.15) is 15.9 Å². The van der Waals surface area contributed by atoms with E-state index < -0.39 is 0 Å². The van der Waals surface area contributed by atoms with E-state index in [4.69, 9.17) is 11.6 Å². The summed E-state index contributed by atoms with van der Waals surface area (Å²) < 4.78 is 0. The summed E-state index contributed by atoms with van der Waals surface area (Å²) in [7, 11) is 0. The van der Waals surface area contributed by atoms with Crippen LogP contribution in [0.4, 0.5) is 0 Å². The van der Waals surface area contributed by atoms with Crippen LogP contribution in [-0.4, -0.2) is 41.9 Å². The highest BCUT2D eigenvalue weighted by molar-refractivity contribution is 6.30.